The summed E-state index contributed by atoms with van der Waals surface area (Å²) < 4.78 is 41.4. The molecule has 2 heterocycles. The number of carbonyl (C=O) groups is 2. The first-order valence-electron chi connectivity index (χ1n) is 12.4. The summed E-state index contributed by atoms with van der Waals surface area (Å²) in [4.78, 5) is 25.6. The fraction of sp³-hybridized carbons (Fsp3) is 0.345. The molecule has 1 aliphatic rings. The maximum Gasteiger partial charge on any atom is 0.374 e. The van der Waals surface area contributed by atoms with Crippen LogP contribution in [0.25, 0.3) is 0 Å². The Morgan fingerprint density at radius 3 is 2.52 bits per heavy atom. The summed E-state index contributed by atoms with van der Waals surface area (Å²) in [5.74, 6) is -4.49. The highest BCUT2D eigenvalue weighted by Gasteiger charge is 2.61. The van der Waals surface area contributed by atoms with Crippen LogP contribution in [0, 0.1) is 28.4 Å². The number of nitrogens with one attached hydrogen (secondary N) is 2. The van der Waals surface area contributed by atoms with Crippen LogP contribution >= 0.6 is 23.2 Å². The summed E-state index contributed by atoms with van der Waals surface area (Å²) in [5, 5.41) is 16.6. The third-order valence-electron chi connectivity index (χ3n) is 6.97. The van der Waals surface area contributed by atoms with Crippen LogP contribution in [-0.4, -0.2) is 31.1 Å². The molecule has 4 rings (SSSR count). The third kappa shape index (κ3) is 5.44. The standard InChI is InChI=1S/C29H27Cl2F2N3O4/c1-28(2,3)13-21-29(14-34,17-9-8-15(30)12-19(17)32)23(16-6-5-7-18(31)24(16)33)25(35-21)26(37)36-22-11-10-20(40-22)27(38)39-4/h5-12,21,23,25,35H,13H2,1-4H3,(H,36,37)/t21-,23-,25+,29-/m0/s1. The molecule has 40 heavy (non-hydrogen) atoms. The molecule has 4 atom stereocenters. The highest BCUT2D eigenvalue weighted by Crippen LogP contribution is 2.52. The summed E-state index contributed by atoms with van der Waals surface area (Å²) in [6.45, 7) is 5.82. The molecule has 1 aromatic heterocycles. The van der Waals surface area contributed by atoms with Gasteiger partial charge in [-0.1, -0.05) is 62.2 Å². The number of methoxy groups -OCH3 is 1. The number of esters is 1. The largest absolute Gasteiger partial charge is 0.463 e. The van der Waals surface area contributed by atoms with Crippen molar-refractivity contribution < 1.29 is 27.5 Å². The summed E-state index contributed by atoms with van der Waals surface area (Å²) in [7, 11) is 1.18. The predicted octanol–water partition coefficient (Wildman–Crippen LogP) is 6.61. The first kappa shape index (κ1) is 29.5. The number of rotatable bonds is 6. The second-order valence-corrected chi connectivity index (χ2v) is 11.7. The van der Waals surface area contributed by atoms with Crippen molar-refractivity contribution in [3.8, 4) is 6.07 Å². The zero-order valence-electron chi connectivity index (χ0n) is 22.2. The van der Waals surface area contributed by atoms with E-state index in [0.29, 0.717) is 6.42 Å². The molecule has 0 aliphatic carbocycles. The van der Waals surface area contributed by atoms with Crippen molar-refractivity contribution >= 4 is 41.0 Å². The minimum Gasteiger partial charge on any atom is -0.463 e. The maximum absolute atomic E-state index is 15.7. The molecule has 210 valence electrons. The molecule has 1 aliphatic heterocycles. The van der Waals surface area contributed by atoms with Crippen LogP contribution in [0.4, 0.5) is 14.7 Å². The SMILES string of the molecule is COC(=O)c1ccc(NC(=O)[C@@H]2N[C@@H](CC(C)(C)C)[C@](C#N)(c3ccc(Cl)cc3F)[C@H]2c2cccc(Cl)c2F)o1. The van der Waals surface area contributed by atoms with Gasteiger partial charge in [-0.05, 0) is 41.7 Å². The summed E-state index contributed by atoms with van der Waals surface area (Å²) in [6.07, 6.45) is 0.318. The minimum atomic E-state index is -1.77. The molecule has 0 bridgehead atoms. The van der Waals surface area contributed by atoms with Gasteiger partial charge in [0, 0.05) is 28.6 Å². The van der Waals surface area contributed by atoms with Gasteiger partial charge < -0.3 is 14.5 Å². The molecule has 11 heteroatoms. The Bertz CT molecular complexity index is 1500. The van der Waals surface area contributed by atoms with Crippen molar-refractivity contribution in [2.75, 3.05) is 12.4 Å². The molecule has 7 nitrogen and oxygen atoms in total. The number of halogens is 4. The van der Waals surface area contributed by atoms with E-state index in [1.54, 1.807) is 0 Å². The lowest BCUT2D eigenvalue weighted by Gasteiger charge is -2.37. The van der Waals surface area contributed by atoms with Crippen molar-refractivity contribution in [1.82, 2.24) is 5.32 Å². The van der Waals surface area contributed by atoms with Crippen molar-refractivity contribution in [2.45, 2.75) is 50.6 Å². The summed E-state index contributed by atoms with van der Waals surface area (Å²) >= 11 is 12.2. The van der Waals surface area contributed by atoms with Gasteiger partial charge in [-0.2, -0.15) is 5.26 Å². The quantitative estimate of drug-likeness (QED) is 0.313. The minimum absolute atomic E-state index is 0.0354. The molecule has 0 saturated carbocycles. The average molecular weight is 590 g/mol. The van der Waals surface area contributed by atoms with Crippen LogP contribution in [0.3, 0.4) is 0 Å². The number of hydrogen-bond donors (Lipinski definition) is 2. The molecular weight excluding hydrogens is 563 g/mol. The molecular formula is C29H27Cl2F2N3O4. The summed E-state index contributed by atoms with van der Waals surface area (Å²) in [6, 6.07) is 11.1. The van der Waals surface area contributed by atoms with Gasteiger partial charge in [0.1, 0.15) is 17.0 Å². The Balaban J connectivity index is 1.92. The number of benzene rings is 2. The molecule has 1 saturated heterocycles. The van der Waals surface area contributed by atoms with Crippen LogP contribution in [0.1, 0.15) is 54.8 Å². The van der Waals surface area contributed by atoms with Crippen LogP contribution in [0.2, 0.25) is 10.0 Å². The first-order valence-corrected chi connectivity index (χ1v) is 13.1. The summed E-state index contributed by atoms with van der Waals surface area (Å²) in [5.41, 5.74) is -2.23. The topological polar surface area (TPSA) is 104 Å². The van der Waals surface area contributed by atoms with Gasteiger partial charge in [-0.3, -0.25) is 10.1 Å². The van der Waals surface area contributed by atoms with Gasteiger partial charge in [-0.15, -0.1) is 0 Å². The zero-order chi connectivity index (χ0) is 29.4. The van der Waals surface area contributed by atoms with Gasteiger partial charge >= 0.3 is 5.97 Å². The Labute approximate surface area is 240 Å². The number of anilines is 1. The van der Waals surface area contributed by atoms with E-state index in [1.807, 2.05) is 20.8 Å². The average Bonchev–Trinajstić information content (AvgIpc) is 3.47. The van der Waals surface area contributed by atoms with E-state index in [9.17, 15) is 14.9 Å². The van der Waals surface area contributed by atoms with Crippen LogP contribution in [0.15, 0.2) is 52.9 Å². The smallest absolute Gasteiger partial charge is 0.374 e. The van der Waals surface area contributed by atoms with E-state index in [2.05, 4.69) is 21.4 Å². The zero-order valence-corrected chi connectivity index (χ0v) is 23.7. The fourth-order valence-electron chi connectivity index (χ4n) is 5.37. The monoisotopic (exact) mass is 589 g/mol. The number of furan rings is 1. The molecule has 0 spiro atoms. The molecule has 0 radical (unpaired) electrons. The molecule has 3 aromatic rings. The van der Waals surface area contributed by atoms with Crippen molar-refractivity contribution in [2.24, 2.45) is 5.41 Å². The van der Waals surface area contributed by atoms with Gasteiger partial charge in [0.2, 0.25) is 17.6 Å². The highest BCUT2D eigenvalue weighted by molar-refractivity contribution is 6.31. The van der Waals surface area contributed by atoms with Crippen molar-refractivity contribution in [3.05, 3.63) is 87.1 Å². The molecule has 1 fully saturated rings. The molecule has 0 unspecified atom stereocenters. The highest BCUT2D eigenvalue weighted by atomic mass is 35.5. The number of ether oxygens (including phenoxy) is 1. The Hall–Kier alpha value is -3.45. The Morgan fingerprint density at radius 1 is 1.18 bits per heavy atom. The van der Waals surface area contributed by atoms with Crippen molar-refractivity contribution in [1.29, 1.82) is 5.26 Å². The van der Waals surface area contributed by atoms with Gasteiger partial charge in [0.15, 0.2) is 0 Å². The molecule has 2 N–H and O–H groups in total. The van der Waals surface area contributed by atoms with Crippen LogP contribution in [0.5, 0.6) is 0 Å². The predicted molar refractivity (Wildman–Crippen MR) is 146 cm³/mol. The lowest BCUT2D eigenvalue weighted by atomic mass is 9.62. The normalized spacial score (nSPS) is 22.5. The van der Waals surface area contributed by atoms with Crippen LogP contribution < -0.4 is 10.6 Å². The van der Waals surface area contributed by atoms with Gasteiger partial charge in [0.25, 0.3) is 0 Å². The first-order chi connectivity index (χ1) is 18.8. The lowest BCUT2D eigenvalue weighted by Crippen LogP contribution is -2.44. The Kier molecular flexibility index (Phi) is 8.27. The second-order valence-electron chi connectivity index (χ2n) is 10.8. The van der Waals surface area contributed by atoms with E-state index in [-0.39, 0.29) is 38.2 Å². The number of amides is 1. The van der Waals surface area contributed by atoms with E-state index in [0.717, 1.165) is 6.07 Å². The number of nitriles is 1. The van der Waals surface area contributed by atoms with E-state index < -0.39 is 46.9 Å². The van der Waals surface area contributed by atoms with E-state index >= 15 is 8.78 Å². The number of carbonyl (C=O) groups excluding carboxylic acids is 2. The third-order valence-corrected chi connectivity index (χ3v) is 7.50. The molecule has 2 aromatic carbocycles. The number of nitrogens with zero attached hydrogens (tertiary/aromatic N) is 1. The maximum atomic E-state index is 15.7. The molecule has 1 amide bonds. The fourth-order valence-corrected chi connectivity index (χ4v) is 5.71. The lowest BCUT2D eigenvalue weighted by molar-refractivity contribution is -0.118. The Morgan fingerprint density at radius 2 is 1.90 bits per heavy atom. The number of hydrogen-bond acceptors (Lipinski definition) is 6. The van der Waals surface area contributed by atoms with E-state index in [4.69, 9.17) is 27.6 Å². The van der Waals surface area contributed by atoms with Gasteiger partial charge in [0.05, 0.1) is 24.2 Å². The van der Waals surface area contributed by atoms with Crippen molar-refractivity contribution in [3.63, 3.8) is 0 Å². The van der Waals surface area contributed by atoms with E-state index in [1.165, 1.54) is 49.6 Å². The van der Waals surface area contributed by atoms with Gasteiger partial charge in [-0.25, -0.2) is 13.6 Å². The van der Waals surface area contributed by atoms with Crippen LogP contribution in [-0.2, 0) is 14.9 Å². The second kappa shape index (κ2) is 11.2.